The van der Waals surface area contributed by atoms with Gasteiger partial charge in [-0.05, 0) is 29.3 Å². The van der Waals surface area contributed by atoms with E-state index in [9.17, 15) is 4.79 Å². The molecule has 0 bridgehead atoms. The van der Waals surface area contributed by atoms with Crippen molar-refractivity contribution in [2.24, 2.45) is 0 Å². The van der Waals surface area contributed by atoms with Crippen LogP contribution in [0, 0.1) is 0 Å². The second-order valence-electron chi connectivity index (χ2n) is 5.08. The molecule has 0 heterocycles. The lowest BCUT2D eigenvalue weighted by atomic mass is 10.1. The third-order valence-corrected chi connectivity index (χ3v) is 3.87. The van der Waals surface area contributed by atoms with Gasteiger partial charge in [-0.3, -0.25) is 4.79 Å². The molecule has 0 spiro atoms. The minimum Gasteiger partial charge on any atom is -0.378 e. The zero-order valence-electron chi connectivity index (χ0n) is 12.3. The molecule has 0 fully saturated rings. The van der Waals surface area contributed by atoms with Gasteiger partial charge in [-0.2, -0.15) is 0 Å². The molecule has 0 saturated carbocycles. The average molecular weight is 347 g/mol. The Kier molecular flexibility index (Phi) is 5.39. The van der Waals surface area contributed by atoms with Gasteiger partial charge in [0.15, 0.2) is 0 Å². The minimum atomic E-state index is -0.0528. The molecule has 21 heavy (non-hydrogen) atoms. The lowest BCUT2D eigenvalue weighted by Crippen LogP contribution is -2.23. The van der Waals surface area contributed by atoms with E-state index in [2.05, 4.69) is 33.4 Å². The Morgan fingerprint density at radius 2 is 1.81 bits per heavy atom. The molecule has 0 unspecified atom stereocenters. The fourth-order valence-electron chi connectivity index (χ4n) is 2.03. The van der Waals surface area contributed by atoms with E-state index in [1.807, 2.05) is 55.4 Å². The van der Waals surface area contributed by atoms with Crippen LogP contribution in [0.3, 0.4) is 0 Å². The second-order valence-corrected chi connectivity index (χ2v) is 5.64. The van der Waals surface area contributed by atoms with Crippen LogP contribution in [0.25, 0.3) is 0 Å². The van der Waals surface area contributed by atoms with Gasteiger partial charge in [0, 0.05) is 37.2 Å². The highest BCUT2D eigenvalue weighted by atomic mass is 79.9. The van der Waals surface area contributed by atoms with Crippen LogP contribution >= 0.6 is 15.9 Å². The summed E-state index contributed by atoms with van der Waals surface area (Å²) in [5.74, 6) is -0.0528. The monoisotopic (exact) mass is 346 g/mol. The molecule has 0 aliphatic carbocycles. The molecule has 0 aromatic heterocycles. The maximum absolute atomic E-state index is 12.2. The van der Waals surface area contributed by atoms with Crippen molar-refractivity contribution in [2.75, 3.05) is 19.0 Å². The van der Waals surface area contributed by atoms with Crippen molar-refractivity contribution in [3.05, 3.63) is 65.2 Å². The molecule has 0 atom stereocenters. The summed E-state index contributed by atoms with van der Waals surface area (Å²) in [6.07, 6.45) is 0. The fraction of sp³-hybridized carbons (Fsp3) is 0.235. The lowest BCUT2D eigenvalue weighted by Gasteiger charge is -2.13. The van der Waals surface area contributed by atoms with Gasteiger partial charge in [0.25, 0.3) is 5.91 Å². The number of amides is 1. The zero-order chi connectivity index (χ0) is 15.2. The van der Waals surface area contributed by atoms with Crippen LogP contribution in [-0.4, -0.2) is 20.0 Å². The first-order valence-corrected chi connectivity index (χ1v) is 7.91. The average Bonchev–Trinajstić information content (AvgIpc) is 2.53. The van der Waals surface area contributed by atoms with Gasteiger partial charge >= 0.3 is 0 Å². The first-order chi connectivity index (χ1) is 10.1. The number of anilines is 1. The molecule has 1 amide bonds. The van der Waals surface area contributed by atoms with Crippen LogP contribution in [0.1, 0.15) is 21.5 Å². The largest absolute Gasteiger partial charge is 0.378 e. The topological polar surface area (TPSA) is 32.3 Å². The van der Waals surface area contributed by atoms with E-state index < -0.39 is 0 Å². The Morgan fingerprint density at radius 1 is 1.10 bits per heavy atom. The highest BCUT2D eigenvalue weighted by Gasteiger charge is 2.07. The highest BCUT2D eigenvalue weighted by molar-refractivity contribution is 9.08. The molecule has 110 valence electrons. The Bertz CT molecular complexity index is 626. The van der Waals surface area contributed by atoms with Gasteiger partial charge in [0.05, 0.1) is 0 Å². The standard InChI is InChI=1S/C17H19BrN2O/c1-20(2)16-8-4-7-15(10-16)17(21)19-12-14-6-3-5-13(9-14)11-18/h3-10H,11-12H2,1-2H3,(H,19,21). The van der Waals surface area contributed by atoms with Crippen molar-refractivity contribution in [1.82, 2.24) is 5.32 Å². The van der Waals surface area contributed by atoms with E-state index in [-0.39, 0.29) is 5.91 Å². The molecule has 2 rings (SSSR count). The molecule has 2 aromatic rings. The van der Waals surface area contributed by atoms with Crippen LogP contribution in [0.15, 0.2) is 48.5 Å². The van der Waals surface area contributed by atoms with Crippen molar-refractivity contribution in [1.29, 1.82) is 0 Å². The maximum Gasteiger partial charge on any atom is 0.251 e. The summed E-state index contributed by atoms with van der Waals surface area (Å²) in [5, 5.41) is 3.78. The maximum atomic E-state index is 12.2. The van der Waals surface area contributed by atoms with E-state index >= 15 is 0 Å². The second kappa shape index (κ2) is 7.27. The van der Waals surface area contributed by atoms with Crippen LogP contribution in [-0.2, 0) is 11.9 Å². The summed E-state index contributed by atoms with van der Waals surface area (Å²) in [5.41, 5.74) is 4.00. The smallest absolute Gasteiger partial charge is 0.251 e. The number of carbonyl (C=O) groups is 1. The molecule has 1 N–H and O–H groups in total. The summed E-state index contributed by atoms with van der Waals surface area (Å²) >= 11 is 3.44. The van der Waals surface area contributed by atoms with Crippen LogP contribution in [0.2, 0.25) is 0 Å². The van der Waals surface area contributed by atoms with Gasteiger partial charge in [0.2, 0.25) is 0 Å². The molecular weight excluding hydrogens is 328 g/mol. The SMILES string of the molecule is CN(C)c1cccc(C(=O)NCc2cccc(CBr)c2)c1. The Labute approximate surface area is 134 Å². The van der Waals surface area contributed by atoms with Crippen LogP contribution < -0.4 is 10.2 Å². The molecule has 0 aliphatic heterocycles. The normalized spacial score (nSPS) is 10.2. The number of alkyl halides is 1. The van der Waals surface area contributed by atoms with Crippen molar-refractivity contribution < 1.29 is 4.79 Å². The quantitative estimate of drug-likeness (QED) is 0.839. The van der Waals surface area contributed by atoms with E-state index in [0.717, 1.165) is 16.6 Å². The third-order valence-electron chi connectivity index (χ3n) is 3.22. The zero-order valence-corrected chi connectivity index (χ0v) is 13.9. The summed E-state index contributed by atoms with van der Waals surface area (Å²) in [4.78, 5) is 14.2. The van der Waals surface area contributed by atoms with Gasteiger partial charge in [0.1, 0.15) is 0 Å². The highest BCUT2D eigenvalue weighted by Crippen LogP contribution is 2.14. The van der Waals surface area contributed by atoms with Gasteiger partial charge in [-0.15, -0.1) is 0 Å². The molecule has 2 aromatic carbocycles. The van der Waals surface area contributed by atoms with Gasteiger partial charge in [-0.1, -0.05) is 46.3 Å². The molecule has 0 saturated heterocycles. The molecular formula is C17H19BrN2O. The Balaban J connectivity index is 2.02. The van der Waals surface area contributed by atoms with Crippen molar-refractivity contribution in [2.45, 2.75) is 11.9 Å². The molecule has 3 nitrogen and oxygen atoms in total. The predicted molar refractivity (Wildman–Crippen MR) is 91.0 cm³/mol. The fourth-order valence-corrected chi connectivity index (χ4v) is 2.38. The van der Waals surface area contributed by atoms with Gasteiger partial charge < -0.3 is 10.2 Å². The summed E-state index contributed by atoms with van der Waals surface area (Å²) in [6, 6.07) is 15.8. The predicted octanol–water partition coefficient (Wildman–Crippen LogP) is 3.58. The van der Waals surface area contributed by atoms with E-state index in [4.69, 9.17) is 0 Å². The number of nitrogens with zero attached hydrogens (tertiary/aromatic N) is 1. The molecule has 0 aliphatic rings. The van der Waals surface area contributed by atoms with Crippen molar-refractivity contribution in [3.8, 4) is 0 Å². The summed E-state index contributed by atoms with van der Waals surface area (Å²) in [7, 11) is 3.92. The summed E-state index contributed by atoms with van der Waals surface area (Å²) in [6.45, 7) is 0.534. The first kappa shape index (κ1) is 15.6. The number of halogens is 1. The Hall–Kier alpha value is -1.81. The van der Waals surface area contributed by atoms with E-state index in [1.165, 1.54) is 5.56 Å². The lowest BCUT2D eigenvalue weighted by molar-refractivity contribution is 0.0951. The minimum absolute atomic E-state index is 0.0528. The number of nitrogens with one attached hydrogen (secondary N) is 1. The number of benzene rings is 2. The number of rotatable bonds is 5. The van der Waals surface area contributed by atoms with Crippen LogP contribution in [0.5, 0.6) is 0 Å². The van der Waals surface area contributed by atoms with Crippen molar-refractivity contribution in [3.63, 3.8) is 0 Å². The number of hydrogen-bond donors (Lipinski definition) is 1. The van der Waals surface area contributed by atoms with E-state index in [0.29, 0.717) is 12.1 Å². The third kappa shape index (κ3) is 4.33. The number of hydrogen-bond acceptors (Lipinski definition) is 2. The molecule has 0 radical (unpaired) electrons. The van der Waals surface area contributed by atoms with Crippen LogP contribution in [0.4, 0.5) is 5.69 Å². The molecule has 4 heteroatoms. The Morgan fingerprint density at radius 3 is 2.52 bits per heavy atom. The summed E-state index contributed by atoms with van der Waals surface area (Å²) < 4.78 is 0. The number of carbonyl (C=O) groups excluding carboxylic acids is 1. The van der Waals surface area contributed by atoms with Gasteiger partial charge in [-0.25, -0.2) is 0 Å². The van der Waals surface area contributed by atoms with E-state index in [1.54, 1.807) is 0 Å². The first-order valence-electron chi connectivity index (χ1n) is 6.79. The van der Waals surface area contributed by atoms with Crippen molar-refractivity contribution >= 4 is 27.5 Å².